The van der Waals surface area contributed by atoms with Crippen LogP contribution in [0.3, 0.4) is 0 Å². The average molecular weight is 188 g/mol. The standard InChI is InChI=1S/C10H8N2O2/c13-7-3-4-10(14)8(6-7)9-2-1-5-11-12-9/h1-6,13-14H. The van der Waals surface area contributed by atoms with Gasteiger partial charge in [0, 0.05) is 11.8 Å². The molecule has 0 unspecified atom stereocenters. The molecule has 1 heterocycles. The summed E-state index contributed by atoms with van der Waals surface area (Å²) in [6, 6.07) is 7.70. The third-order valence-electron chi connectivity index (χ3n) is 1.83. The van der Waals surface area contributed by atoms with Crippen LogP contribution in [-0.4, -0.2) is 20.4 Å². The normalized spacial score (nSPS) is 10.0. The second-order valence-corrected chi connectivity index (χ2v) is 2.81. The van der Waals surface area contributed by atoms with Gasteiger partial charge >= 0.3 is 0 Å². The molecule has 0 radical (unpaired) electrons. The minimum atomic E-state index is 0.0725. The molecule has 0 saturated carbocycles. The van der Waals surface area contributed by atoms with Crippen molar-refractivity contribution in [2.45, 2.75) is 0 Å². The lowest BCUT2D eigenvalue weighted by Gasteiger charge is -2.02. The van der Waals surface area contributed by atoms with E-state index in [-0.39, 0.29) is 11.5 Å². The molecule has 0 fully saturated rings. The molecule has 70 valence electrons. The van der Waals surface area contributed by atoms with Crippen LogP contribution < -0.4 is 0 Å². The first kappa shape index (κ1) is 8.50. The summed E-state index contributed by atoms with van der Waals surface area (Å²) in [5.74, 6) is 0.159. The molecule has 2 aromatic rings. The summed E-state index contributed by atoms with van der Waals surface area (Å²) in [5.41, 5.74) is 0.999. The van der Waals surface area contributed by atoms with E-state index < -0.39 is 0 Å². The van der Waals surface area contributed by atoms with E-state index in [4.69, 9.17) is 0 Å². The van der Waals surface area contributed by atoms with E-state index in [0.717, 1.165) is 0 Å². The van der Waals surface area contributed by atoms with Crippen molar-refractivity contribution in [2.24, 2.45) is 0 Å². The SMILES string of the molecule is Oc1ccc(O)c(-c2cccnn2)c1. The van der Waals surface area contributed by atoms with E-state index >= 15 is 0 Å². The molecule has 0 aliphatic rings. The van der Waals surface area contributed by atoms with Gasteiger partial charge in [0.05, 0.1) is 5.69 Å². The lowest BCUT2D eigenvalue weighted by atomic mass is 10.1. The van der Waals surface area contributed by atoms with Gasteiger partial charge in [0.25, 0.3) is 0 Å². The fourth-order valence-electron chi connectivity index (χ4n) is 1.17. The Hall–Kier alpha value is -2.10. The van der Waals surface area contributed by atoms with Crippen molar-refractivity contribution in [1.29, 1.82) is 0 Å². The number of phenols is 2. The molecule has 1 aromatic carbocycles. The fraction of sp³-hybridized carbons (Fsp3) is 0. The van der Waals surface area contributed by atoms with Crippen LogP contribution in [0.4, 0.5) is 0 Å². The molecular formula is C10H8N2O2. The number of benzene rings is 1. The van der Waals surface area contributed by atoms with E-state index in [2.05, 4.69) is 10.2 Å². The Kier molecular flexibility index (Phi) is 2.02. The van der Waals surface area contributed by atoms with Crippen molar-refractivity contribution in [3.63, 3.8) is 0 Å². The van der Waals surface area contributed by atoms with Gasteiger partial charge < -0.3 is 10.2 Å². The Bertz CT molecular complexity index is 443. The van der Waals surface area contributed by atoms with Gasteiger partial charge in [0.1, 0.15) is 11.5 Å². The topological polar surface area (TPSA) is 66.2 Å². The largest absolute Gasteiger partial charge is 0.508 e. The van der Waals surface area contributed by atoms with Crippen LogP contribution in [-0.2, 0) is 0 Å². The summed E-state index contributed by atoms with van der Waals surface area (Å²) < 4.78 is 0. The zero-order valence-corrected chi connectivity index (χ0v) is 7.25. The van der Waals surface area contributed by atoms with E-state index in [0.29, 0.717) is 11.3 Å². The molecule has 2 N–H and O–H groups in total. The van der Waals surface area contributed by atoms with Crippen LogP contribution in [0.1, 0.15) is 0 Å². The number of nitrogens with zero attached hydrogens (tertiary/aromatic N) is 2. The van der Waals surface area contributed by atoms with Crippen molar-refractivity contribution < 1.29 is 10.2 Å². The molecule has 14 heavy (non-hydrogen) atoms. The Morgan fingerprint density at radius 2 is 1.93 bits per heavy atom. The minimum absolute atomic E-state index is 0.0725. The van der Waals surface area contributed by atoms with Crippen molar-refractivity contribution in [3.8, 4) is 22.8 Å². The minimum Gasteiger partial charge on any atom is -0.508 e. The van der Waals surface area contributed by atoms with Crippen LogP contribution >= 0.6 is 0 Å². The van der Waals surface area contributed by atoms with E-state index in [9.17, 15) is 10.2 Å². The lowest BCUT2D eigenvalue weighted by Crippen LogP contribution is -1.85. The smallest absolute Gasteiger partial charge is 0.125 e. The zero-order chi connectivity index (χ0) is 9.97. The monoisotopic (exact) mass is 188 g/mol. The molecule has 0 aliphatic carbocycles. The quantitative estimate of drug-likeness (QED) is 0.666. The number of rotatable bonds is 1. The molecule has 4 heteroatoms. The first-order valence-corrected chi connectivity index (χ1v) is 4.07. The zero-order valence-electron chi connectivity index (χ0n) is 7.25. The molecule has 0 amide bonds. The summed E-state index contributed by atoms with van der Waals surface area (Å²) >= 11 is 0. The van der Waals surface area contributed by atoms with E-state index in [1.165, 1.54) is 18.2 Å². The highest BCUT2D eigenvalue weighted by molar-refractivity contribution is 5.67. The summed E-state index contributed by atoms with van der Waals surface area (Å²) in [4.78, 5) is 0. The van der Waals surface area contributed by atoms with Gasteiger partial charge in [-0.1, -0.05) is 0 Å². The third kappa shape index (κ3) is 1.50. The molecular weight excluding hydrogens is 180 g/mol. The van der Waals surface area contributed by atoms with Gasteiger partial charge in [0.2, 0.25) is 0 Å². The van der Waals surface area contributed by atoms with Gasteiger partial charge in [0.15, 0.2) is 0 Å². The summed E-state index contributed by atoms with van der Waals surface area (Å²) in [6.07, 6.45) is 1.54. The Morgan fingerprint density at radius 3 is 2.64 bits per heavy atom. The Balaban J connectivity index is 2.57. The van der Waals surface area contributed by atoms with Crippen molar-refractivity contribution >= 4 is 0 Å². The third-order valence-corrected chi connectivity index (χ3v) is 1.83. The second kappa shape index (κ2) is 3.33. The van der Waals surface area contributed by atoms with Crippen LogP contribution in [0.15, 0.2) is 36.5 Å². The number of aromatic nitrogens is 2. The first-order chi connectivity index (χ1) is 6.77. The van der Waals surface area contributed by atoms with Crippen molar-refractivity contribution in [3.05, 3.63) is 36.5 Å². The van der Waals surface area contributed by atoms with Gasteiger partial charge in [-0.15, -0.1) is 0 Å². The summed E-state index contributed by atoms with van der Waals surface area (Å²) in [6.45, 7) is 0. The average Bonchev–Trinajstić information content (AvgIpc) is 2.23. The molecule has 0 saturated heterocycles. The lowest BCUT2D eigenvalue weighted by molar-refractivity contribution is 0.461. The molecule has 4 nitrogen and oxygen atoms in total. The van der Waals surface area contributed by atoms with Crippen LogP contribution in [0.5, 0.6) is 11.5 Å². The molecule has 0 aliphatic heterocycles. The first-order valence-electron chi connectivity index (χ1n) is 4.07. The van der Waals surface area contributed by atoms with Crippen molar-refractivity contribution in [1.82, 2.24) is 10.2 Å². The molecule has 0 atom stereocenters. The second-order valence-electron chi connectivity index (χ2n) is 2.81. The number of aromatic hydroxyl groups is 2. The Labute approximate surface area is 80.5 Å². The molecule has 0 bridgehead atoms. The Morgan fingerprint density at radius 1 is 1.07 bits per heavy atom. The summed E-state index contributed by atoms with van der Waals surface area (Å²) in [7, 11) is 0. The molecule has 0 spiro atoms. The van der Waals surface area contributed by atoms with Crippen LogP contribution in [0.25, 0.3) is 11.3 Å². The molecule has 1 aromatic heterocycles. The highest BCUT2D eigenvalue weighted by Gasteiger charge is 2.05. The maximum absolute atomic E-state index is 9.51. The summed E-state index contributed by atoms with van der Waals surface area (Å²) in [5, 5.41) is 26.3. The number of hydrogen-bond acceptors (Lipinski definition) is 4. The van der Waals surface area contributed by atoms with Crippen LogP contribution in [0, 0.1) is 0 Å². The number of phenolic OH excluding ortho intramolecular Hbond substituents is 2. The van der Waals surface area contributed by atoms with Crippen molar-refractivity contribution in [2.75, 3.05) is 0 Å². The highest BCUT2D eigenvalue weighted by Crippen LogP contribution is 2.30. The van der Waals surface area contributed by atoms with Crippen LogP contribution in [0.2, 0.25) is 0 Å². The molecule has 2 rings (SSSR count). The highest BCUT2D eigenvalue weighted by atomic mass is 16.3. The number of hydrogen-bond donors (Lipinski definition) is 2. The van der Waals surface area contributed by atoms with Gasteiger partial charge in [-0.3, -0.25) is 0 Å². The fourth-order valence-corrected chi connectivity index (χ4v) is 1.17. The maximum atomic E-state index is 9.51. The predicted molar refractivity (Wildman–Crippen MR) is 50.8 cm³/mol. The maximum Gasteiger partial charge on any atom is 0.125 e. The predicted octanol–water partition coefficient (Wildman–Crippen LogP) is 1.55. The van der Waals surface area contributed by atoms with Gasteiger partial charge in [-0.25, -0.2) is 0 Å². The van der Waals surface area contributed by atoms with E-state index in [1.807, 2.05) is 0 Å². The van der Waals surface area contributed by atoms with Gasteiger partial charge in [-0.05, 0) is 30.3 Å². The van der Waals surface area contributed by atoms with E-state index in [1.54, 1.807) is 18.3 Å². The van der Waals surface area contributed by atoms with Gasteiger partial charge in [-0.2, -0.15) is 10.2 Å².